The minimum atomic E-state index is -3.98. The van der Waals surface area contributed by atoms with Crippen molar-refractivity contribution in [2.24, 2.45) is 0 Å². The number of nitrogens with zero attached hydrogens (tertiary/aromatic N) is 1. The lowest BCUT2D eigenvalue weighted by atomic mass is 10.2. The first-order valence-corrected chi connectivity index (χ1v) is 10.5. The predicted octanol–water partition coefficient (Wildman–Crippen LogP) is 1.95. The molecule has 0 saturated carbocycles. The van der Waals surface area contributed by atoms with E-state index in [1.807, 2.05) is 5.32 Å². The first-order valence-electron chi connectivity index (χ1n) is 9.05. The number of methoxy groups -OCH3 is 1. The van der Waals surface area contributed by atoms with Gasteiger partial charge in [-0.25, -0.2) is 18.0 Å². The molecule has 2 aromatic carbocycles. The molecular formula is C20H22N2O8S. The Labute approximate surface area is 179 Å². The molecule has 2 rings (SSSR count). The molecule has 31 heavy (non-hydrogen) atoms. The van der Waals surface area contributed by atoms with E-state index in [0.717, 1.165) is 10.4 Å². The number of hydrogen-bond donors (Lipinski definition) is 1. The Morgan fingerprint density at radius 3 is 2.32 bits per heavy atom. The number of ether oxygens (including phenoxy) is 3. The molecule has 2 amide bonds. The van der Waals surface area contributed by atoms with Gasteiger partial charge in [0.1, 0.15) is 5.75 Å². The molecule has 0 spiro atoms. The molecule has 166 valence electrons. The molecule has 1 N–H and O–H groups in total. The van der Waals surface area contributed by atoms with Crippen molar-refractivity contribution in [1.82, 2.24) is 5.32 Å². The smallest absolute Gasteiger partial charge is 0.413 e. The van der Waals surface area contributed by atoms with Crippen LogP contribution in [0.1, 0.15) is 17.3 Å². The van der Waals surface area contributed by atoms with Gasteiger partial charge in [0.25, 0.3) is 15.9 Å². The zero-order valence-corrected chi connectivity index (χ0v) is 18.0. The van der Waals surface area contributed by atoms with Crippen LogP contribution in [0.2, 0.25) is 0 Å². The number of esters is 1. The molecule has 0 aromatic heterocycles. The Kier molecular flexibility index (Phi) is 7.97. The fraction of sp³-hybridized carbons (Fsp3) is 0.250. The Balaban J connectivity index is 2.11. The Morgan fingerprint density at radius 2 is 1.71 bits per heavy atom. The van der Waals surface area contributed by atoms with Crippen LogP contribution in [0.25, 0.3) is 0 Å². The van der Waals surface area contributed by atoms with E-state index in [1.54, 1.807) is 31.2 Å². The van der Waals surface area contributed by atoms with E-state index < -0.39 is 34.6 Å². The minimum Gasteiger partial charge on any atom is -0.497 e. The molecule has 0 aliphatic heterocycles. The highest BCUT2D eigenvalue weighted by molar-refractivity contribution is 7.92. The maximum Gasteiger partial charge on any atom is 0.413 e. The third-order valence-electron chi connectivity index (χ3n) is 4.02. The van der Waals surface area contributed by atoms with Crippen molar-refractivity contribution in [3.05, 3.63) is 54.1 Å². The van der Waals surface area contributed by atoms with E-state index in [1.165, 1.54) is 32.4 Å². The van der Waals surface area contributed by atoms with E-state index in [4.69, 9.17) is 9.47 Å². The van der Waals surface area contributed by atoms with Crippen molar-refractivity contribution >= 4 is 33.7 Å². The van der Waals surface area contributed by atoms with Crippen LogP contribution in [0.3, 0.4) is 0 Å². The van der Waals surface area contributed by atoms with Crippen LogP contribution in [-0.2, 0) is 24.3 Å². The predicted molar refractivity (Wildman–Crippen MR) is 110 cm³/mol. The molecule has 10 nitrogen and oxygen atoms in total. The summed E-state index contributed by atoms with van der Waals surface area (Å²) in [6.45, 7) is 0.905. The molecule has 0 radical (unpaired) electrons. The number of benzene rings is 2. The van der Waals surface area contributed by atoms with Gasteiger partial charge in [-0.3, -0.25) is 14.4 Å². The fourth-order valence-electron chi connectivity index (χ4n) is 2.40. The first-order chi connectivity index (χ1) is 14.7. The van der Waals surface area contributed by atoms with Crippen molar-refractivity contribution in [3.63, 3.8) is 0 Å². The fourth-order valence-corrected chi connectivity index (χ4v) is 3.65. The summed E-state index contributed by atoms with van der Waals surface area (Å²) in [4.78, 5) is 34.8. The Morgan fingerprint density at radius 1 is 1.03 bits per heavy atom. The van der Waals surface area contributed by atoms with Crippen LogP contribution >= 0.6 is 0 Å². The number of hydrogen-bond acceptors (Lipinski definition) is 8. The second-order valence-corrected chi connectivity index (χ2v) is 8.01. The van der Waals surface area contributed by atoms with E-state index >= 15 is 0 Å². The van der Waals surface area contributed by atoms with Crippen molar-refractivity contribution < 1.29 is 37.0 Å². The number of nitrogens with one attached hydrogen (secondary N) is 1. The molecule has 0 unspecified atom stereocenters. The lowest BCUT2D eigenvalue weighted by molar-refractivity contribution is -0.123. The summed E-state index contributed by atoms with van der Waals surface area (Å²) in [6.07, 6.45) is -0.960. The van der Waals surface area contributed by atoms with Gasteiger partial charge in [-0.2, -0.15) is 0 Å². The SMILES string of the molecule is CCOC(=O)NC(=O)COC(=O)c1cccc(S(=O)(=O)N(C)c2ccc(OC)cc2)c1. The molecule has 0 aliphatic rings. The summed E-state index contributed by atoms with van der Waals surface area (Å²) in [5.41, 5.74) is 0.317. The molecule has 0 fully saturated rings. The molecular weight excluding hydrogens is 428 g/mol. The summed E-state index contributed by atoms with van der Waals surface area (Å²) in [5.74, 6) is -1.23. The van der Waals surface area contributed by atoms with Gasteiger partial charge in [0, 0.05) is 7.05 Å². The molecule has 0 saturated heterocycles. The standard InChI is InChI=1S/C20H22N2O8S/c1-4-29-20(25)21-18(23)13-30-19(24)14-6-5-7-17(12-14)31(26,27)22(2)15-8-10-16(28-3)11-9-15/h5-12H,4,13H2,1-3H3,(H,21,23,25). The largest absolute Gasteiger partial charge is 0.497 e. The third kappa shape index (κ3) is 6.19. The van der Waals surface area contributed by atoms with Crippen molar-refractivity contribution in [1.29, 1.82) is 0 Å². The average molecular weight is 450 g/mol. The van der Waals surface area contributed by atoms with Gasteiger partial charge in [-0.15, -0.1) is 0 Å². The Bertz CT molecular complexity index is 1050. The van der Waals surface area contributed by atoms with Crippen LogP contribution in [0.5, 0.6) is 5.75 Å². The van der Waals surface area contributed by atoms with Crippen LogP contribution in [0, 0.1) is 0 Å². The van der Waals surface area contributed by atoms with E-state index in [-0.39, 0.29) is 17.1 Å². The van der Waals surface area contributed by atoms with Crippen LogP contribution in [-0.4, -0.2) is 53.8 Å². The highest BCUT2D eigenvalue weighted by Gasteiger charge is 2.23. The lowest BCUT2D eigenvalue weighted by Gasteiger charge is -2.20. The summed E-state index contributed by atoms with van der Waals surface area (Å²) >= 11 is 0. The summed E-state index contributed by atoms with van der Waals surface area (Å²) in [5, 5.41) is 1.88. The van der Waals surface area contributed by atoms with Crippen molar-refractivity contribution in [2.75, 3.05) is 31.7 Å². The molecule has 0 bridgehead atoms. The van der Waals surface area contributed by atoms with Crippen LogP contribution < -0.4 is 14.4 Å². The van der Waals surface area contributed by atoms with E-state index in [2.05, 4.69) is 4.74 Å². The van der Waals surface area contributed by atoms with Crippen molar-refractivity contribution in [2.45, 2.75) is 11.8 Å². The van der Waals surface area contributed by atoms with Crippen LogP contribution in [0.15, 0.2) is 53.4 Å². The summed E-state index contributed by atoms with van der Waals surface area (Å²) in [7, 11) is -1.10. The molecule has 0 atom stereocenters. The second-order valence-electron chi connectivity index (χ2n) is 6.04. The van der Waals surface area contributed by atoms with Gasteiger partial charge in [0.15, 0.2) is 6.61 Å². The number of amides is 2. The second kappa shape index (κ2) is 10.4. The summed E-state index contributed by atoms with van der Waals surface area (Å²) in [6, 6.07) is 11.6. The highest BCUT2D eigenvalue weighted by Crippen LogP contribution is 2.24. The molecule has 0 heterocycles. The maximum atomic E-state index is 12.9. The van der Waals surface area contributed by atoms with Gasteiger partial charge in [-0.1, -0.05) is 6.07 Å². The van der Waals surface area contributed by atoms with Gasteiger partial charge >= 0.3 is 12.1 Å². The summed E-state index contributed by atoms with van der Waals surface area (Å²) < 4.78 is 41.4. The topological polar surface area (TPSA) is 128 Å². The van der Waals surface area contributed by atoms with Gasteiger partial charge in [0.2, 0.25) is 0 Å². The van der Waals surface area contributed by atoms with E-state index in [0.29, 0.717) is 11.4 Å². The molecule has 2 aromatic rings. The van der Waals surface area contributed by atoms with Gasteiger partial charge < -0.3 is 14.2 Å². The number of imide groups is 1. The number of anilines is 1. The quantitative estimate of drug-likeness (QED) is 0.605. The molecule has 11 heteroatoms. The van der Waals surface area contributed by atoms with Gasteiger partial charge in [-0.05, 0) is 49.4 Å². The minimum absolute atomic E-state index is 0.0745. The number of carbonyl (C=O) groups is 3. The number of alkyl carbamates (subject to hydrolysis) is 1. The number of carbonyl (C=O) groups excluding carboxylic acids is 3. The maximum absolute atomic E-state index is 12.9. The third-order valence-corrected chi connectivity index (χ3v) is 5.80. The normalized spacial score (nSPS) is 10.7. The zero-order chi connectivity index (χ0) is 23.0. The highest BCUT2D eigenvalue weighted by atomic mass is 32.2. The van der Waals surface area contributed by atoms with Gasteiger partial charge in [0.05, 0.1) is 29.9 Å². The Hall–Kier alpha value is -3.60. The monoisotopic (exact) mass is 450 g/mol. The first kappa shape index (κ1) is 23.7. The van der Waals surface area contributed by atoms with Crippen molar-refractivity contribution in [3.8, 4) is 5.75 Å². The van der Waals surface area contributed by atoms with E-state index in [9.17, 15) is 22.8 Å². The zero-order valence-electron chi connectivity index (χ0n) is 17.2. The number of sulfonamides is 1. The van der Waals surface area contributed by atoms with Crippen LogP contribution in [0.4, 0.5) is 10.5 Å². The average Bonchev–Trinajstić information content (AvgIpc) is 2.77. The lowest BCUT2D eigenvalue weighted by Crippen LogP contribution is -2.34. The molecule has 0 aliphatic carbocycles. The number of rotatable bonds is 8.